The molecule has 0 saturated carbocycles. The highest BCUT2D eigenvalue weighted by Gasteiger charge is 2.16. The largest absolute Gasteiger partial charge is 0.477 e. The fourth-order valence-electron chi connectivity index (χ4n) is 3.04. The number of hydrogen-bond donors (Lipinski definition) is 1. The standard InChI is InChI=1S/C20H13Cl2NO2S/c21-15-5-3-12(8-16(15)22)11-23-17-6-4-13(19-2-1-7-26-19)9-14(17)10-18(23)20(24)25/h1-10H,11H2,(H,24,25). The monoisotopic (exact) mass is 401 g/mol. The molecule has 0 aliphatic carbocycles. The number of aromatic nitrogens is 1. The van der Waals surface area contributed by atoms with Crippen LogP contribution in [0.3, 0.4) is 0 Å². The minimum Gasteiger partial charge on any atom is -0.477 e. The smallest absolute Gasteiger partial charge is 0.352 e. The van der Waals surface area contributed by atoms with Crippen LogP contribution in [0, 0.1) is 0 Å². The number of aromatic carboxylic acids is 1. The summed E-state index contributed by atoms with van der Waals surface area (Å²) in [6.07, 6.45) is 0. The Morgan fingerprint density at radius 3 is 2.58 bits per heavy atom. The van der Waals surface area contributed by atoms with E-state index in [0.717, 1.165) is 26.9 Å². The normalized spacial score (nSPS) is 11.2. The van der Waals surface area contributed by atoms with Gasteiger partial charge in [-0.2, -0.15) is 0 Å². The van der Waals surface area contributed by atoms with Crippen LogP contribution in [0.4, 0.5) is 0 Å². The van der Waals surface area contributed by atoms with Crippen LogP contribution in [-0.4, -0.2) is 15.6 Å². The molecule has 0 amide bonds. The Morgan fingerprint density at radius 2 is 1.88 bits per heavy atom. The molecule has 0 unspecified atom stereocenters. The number of carbonyl (C=O) groups is 1. The average molecular weight is 402 g/mol. The van der Waals surface area contributed by atoms with Crippen molar-refractivity contribution >= 4 is 51.4 Å². The second-order valence-electron chi connectivity index (χ2n) is 5.92. The van der Waals surface area contributed by atoms with Gasteiger partial charge in [0.25, 0.3) is 0 Å². The van der Waals surface area contributed by atoms with Crippen molar-refractivity contribution < 1.29 is 9.90 Å². The zero-order valence-electron chi connectivity index (χ0n) is 13.4. The molecule has 0 atom stereocenters. The molecule has 6 heteroatoms. The number of rotatable bonds is 4. The third-order valence-electron chi connectivity index (χ3n) is 4.25. The van der Waals surface area contributed by atoms with E-state index >= 15 is 0 Å². The van der Waals surface area contributed by atoms with Crippen molar-refractivity contribution in [3.63, 3.8) is 0 Å². The van der Waals surface area contributed by atoms with E-state index in [0.29, 0.717) is 16.6 Å². The first kappa shape index (κ1) is 17.2. The summed E-state index contributed by atoms with van der Waals surface area (Å²) < 4.78 is 1.79. The van der Waals surface area contributed by atoms with Crippen molar-refractivity contribution in [2.75, 3.05) is 0 Å². The fraction of sp³-hybridized carbons (Fsp3) is 0.0500. The number of carboxylic acids is 1. The molecule has 2 aromatic heterocycles. The highest BCUT2D eigenvalue weighted by atomic mass is 35.5. The molecule has 130 valence electrons. The first-order valence-corrected chi connectivity index (χ1v) is 9.51. The number of nitrogens with zero attached hydrogens (tertiary/aromatic N) is 1. The lowest BCUT2D eigenvalue weighted by Gasteiger charge is -2.10. The SMILES string of the molecule is O=C(O)c1cc2cc(-c3cccs3)ccc2n1Cc1ccc(Cl)c(Cl)c1. The number of thiophene rings is 1. The predicted molar refractivity (Wildman–Crippen MR) is 108 cm³/mol. The molecule has 1 N–H and O–H groups in total. The van der Waals surface area contributed by atoms with Crippen molar-refractivity contribution in [1.82, 2.24) is 4.57 Å². The van der Waals surface area contributed by atoms with Crippen molar-refractivity contribution in [3.8, 4) is 10.4 Å². The van der Waals surface area contributed by atoms with E-state index in [2.05, 4.69) is 6.07 Å². The topological polar surface area (TPSA) is 42.2 Å². The number of fused-ring (bicyclic) bond motifs is 1. The number of halogens is 2. The maximum absolute atomic E-state index is 11.8. The minimum atomic E-state index is -0.959. The summed E-state index contributed by atoms with van der Waals surface area (Å²) in [5, 5.41) is 13.5. The fourth-order valence-corrected chi connectivity index (χ4v) is 4.08. The van der Waals surface area contributed by atoms with Crippen molar-refractivity contribution in [3.05, 3.63) is 81.3 Å². The third kappa shape index (κ3) is 3.12. The second-order valence-corrected chi connectivity index (χ2v) is 7.68. The zero-order valence-corrected chi connectivity index (χ0v) is 15.8. The molecule has 0 radical (unpaired) electrons. The van der Waals surface area contributed by atoms with Gasteiger partial charge >= 0.3 is 5.97 Å². The minimum absolute atomic E-state index is 0.245. The van der Waals surface area contributed by atoms with E-state index in [1.54, 1.807) is 34.1 Å². The van der Waals surface area contributed by atoms with Crippen molar-refractivity contribution in [1.29, 1.82) is 0 Å². The van der Waals surface area contributed by atoms with E-state index < -0.39 is 5.97 Å². The van der Waals surface area contributed by atoms with Gasteiger partial charge in [0.15, 0.2) is 0 Å². The Bertz CT molecular complexity index is 1120. The Hall–Kier alpha value is -2.27. The van der Waals surface area contributed by atoms with Gasteiger partial charge in [-0.3, -0.25) is 0 Å². The molecule has 0 bridgehead atoms. The van der Waals surface area contributed by atoms with Crippen LogP contribution in [-0.2, 0) is 6.54 Å². The maximum Gasteiger partial charge on any atom is 0.352 e. The lowest BCUT2D eigenvalue weighted by atomic mass is 10.1. The van der Waals surface area contributed by atoms with Gasteiger partial charge in [-0.1, -0.05) is 41.4 Å². The van der Waals surface area contributed by atoms with Gasteiger partial charge in [0, 0.05) is 22.3 Å². The van der Waals surface area contributed by atoms with Gasteiger partial charge in [0.2, 0.25) is 0 Å². The van der Waals surface area contributed by atoms with Crippen LogP contribution >= 0.6 is 34.5 Å². The van der Waals surface area contributed by atoms with E-state index in [9.17, 15) is 9.90 Å². The molecule has 4 aromatic rings. The summed E-state index contributed by atoms with van der Waals surface area (Å²) in [4.78, 5) is 12.9. The highest BCUT2D eigenvalue weighted by molar-refractivity contribution is 7.13. The highest BCUT2D eigenvalue weighted by Crippen LogP contribution is 2.31. The number of benzene rings is 2. The Kier molecular flexibility index (Phi) is 4.49. The lowest BCUT2D eigenvalue weighted by molar-refractivity contribution is 0.0686. The maximum atomic E-state index is 11.8. The summed E-state index contributed by atoms with van der Waals surface area (Å²) >= 11 is 13.7. The molecular formula is C20H13Cl2NO2S. The summed E-state index contributed by atoms with van der Waals surface area (Å²) in [5.74, 6) is -0.959. The first-order valence-electron chi connectivity index (χ1n) is 7.87. The molecule has 0 aliphatic rings. The van der Waals surface area contributed by atoms with E-state index in [-0.39, 0.29) is 5.69 Å². The molecule has 3 nitrogen and oxygen atoms in total. The van der Waals surface area contributed by atoms with Gasteiger partial charge < -0.3 is 9.67 Å². The van der Waals surface area contributed by atoms with E-state index in [1.165, 1.54) is 0 Å². The Balaban J connectivity index is 1.82. The molecule has 0 fully saturated rings. The molecule has 4 rings (SSSR count). The number of hydrogen-bond acceptors (Lipinski definition) is 2. The van der Waals surface area contributed by atoms with Gasteiger partial charge in [-0.25, -0.2) is 4.79 Å². The Labute approximate surface area is 164 Å². The summed E-state index contributed by atoms with van der Waals surface area (Å²) in [7, 11) is 0. The Morgan fingerprint density at radius 1 is 1.04 bits per heavy atom. The molecule has 26 heavy (non-hydrogen) atoms. The molecular weight excluding hydrogens is 389 g/mol. The zero-order chi connectivity index (χ0) is 18.3. The molecule has 0 aliphatic heterocycles. The van der Waals surface area contributed by atoms with Crippen molar-refractivity contribution in [2.24, 2.45) is 0 Å². The lowest BCUT2D eigenvalue weighted by Crippen LogP contribution is -2.09. The molecule has 0 saturated heterocycles. The molecule has 2 aromatic carbocycles. The molecule has 2 heterocycles. The van der Waals surface area contributed by atoms with Crippen molar-refractivity contribution in [2.45, 2.75) is 6.54 Å². The predicted octanol–water partition coefficient (Wildman–Crippen LogP) is 6.42. The quantitative estimate of drug-likeness (QED) is 0.428. The van der Waals surface area contributed by atoms with Crippen LogP contribution < -0.4 is 0 Å². The van der Waals surface area contributed by atoms with Crippen LogP contribution in [0.1, 0.15) is 16.1 Å². The summed E-state index contributed by atoms with van der Waals surface area (Å²) in [6.45, 7) is 0.403. The number of carboxylic acid groups (broad SMARTS) is 1. The van der Waals surface area contributed by atoms with E-state index in [4.69, 9.17) is 23.2 Å². The van der Waals surface area contributed by atoms with Crippen LogP contribution in [0.25, 0.3) is 21.3 Å². The van der Waals surface area contributed by atoms with Crippen LogP contribution in [0.2, 0.25) is 10.0 Å². The molecule has 0 spiro atoms. The average Bonchev–Trinajstić information content (AvgIpc) is 3.26. The van der Waals surface area contributed by atoms with E-state index in [1.807, 2.05) is 35.7 Å². The second kappa shape index (κ2) is 6.80. The van der Waals surface area contributed by atoms with Gasteiger partial charge in [-0.15, -0.1) is 11.3 Å². The summed E-state index contributed by atoms with van der Waals surface area (Å²) in [6, 6.07) is 17.1. The van der Waals surface area contributed by atoms with Gasteiger partial charge in [0.1, 0.15) is 5.69 Å². The third-order valence-corrected chi connectivity index (χ3v) is 5.91. The first-order chi connectivity index (χ1) is 12.5. The van der Waals surface area contributed by atoms with Gasteiger partial charge in [-0.05, 0) is 52.9 Å². The van der Waals surface area contributed by atoms with Crippen LogP contribution in [0.5, 0.6) is 0 Å². The van der Waals surface area contributed by atoms with Gasteiger partial charge in [0.05, 0.1) is 10.0 Å². The summed E-state index contributed by atoms with van der Waals surface area (Å²) in [5.41, 5.74) is 3.08. The van der Waals surface area contributed by atoms with Crippen LogP contribution in [0.15, 0.2) is 60.0 Å².